The van der Waals surface area contributed by atoms with Crippen LogP contribution in [0.5, 0.6) is 0 Å². The zero-order valence-corrected chi connectivity index (χ0v) is 14.0. The summed E-state index contributed by atoms with van der Waals surface area (Å²) in [6.45, 7) is 0. The topological polar surface area (TPSA) is 42.0 Å². The fourth-order valence-electron chi connectivity index (χ4n) is 1.73. The van der Waals surface area contributed by atoms with E-state index >= 15 is 0 Å². The molecule has 2 rings (SSSR count). The number of halogens is 5. The number of rotatable bonds is 6. The van der Waals surface area contributed by atoms with E-state index in [1.54, 1.807) is 12.1 Å². The number of para-hydroxylation sites is 1. The van der Waals surface area contributed by atoms with Crippen LogP contribution >= 0.6 is 23.5 Å². The van der Waals surface area contributed by atoms with Gasteiger partial charge in [0.2, 0.25) is 5.91 Å². The van der Waals surface area contributed by atoms with Crippen molar-refractivity contribution in [1.29, 1.82) is 0 Å². The van der Waals surface area contributed by atoms with Crippen molar-refractivity contribution in [3.8, 4) is 0 Å². The molecule has 3 nitrogen and oxygen atoms in total. The second kappa shape index (κ2) is 8.52. The number of amides is 1. The third-order valence-corrected chi connectivity index (χ3v) is 4.52. The Labute approximate surface area is 148 Å². The van der Waals surface area contributed by atoms with Gasteiger partial charge in [0.1, 0.15) is 0 Å². The van der Waals surface area contributed by atoms with Gasteiger partial charge in [-0.1, -0.05) is 35.7 Å². The highest BCUT2D eigenvalue weighted by atomic mass is 32.2. The van der Waals surface area contributed by atoms with Crippen LogP contribution in [0, 0.1) is 0 Å². The van der Waals surface area contributed by atoms with Crippen molar-refractivity contribution in [3.63, 3.8) is 0 Å². The fraction of sp³-hybridized carbons (Fsp3) is 0.200. The Hall–Kier alpha value is -1.81. The average molecular weight is 394 g/mol. The van der Waals surface area contributed by atoms with Crippen molar-refractivity contribution in [2.75, 3.05) is 11.1 Å². The Morgan fingerprint density at radius 3 is 2.48 bits per heavy atom. The molecule has 1 heterocycles. The van der Waals surface area contributed by atoms with Gasteiger partial charge < -0.3 is 5.32 Å². The highest BCUT2D eigenvalue weighted by Gasteiger charge is 2.30. The van der Waals surface area contributed by atoms with Crippen molar-refractivity contribution in [2.24, 2.45) is 0 Å². The van der Waals surface area contributed by atoms with E-state index in [1.807, 2.05) is 0 Å². The maximum Gasteiger partial charge on any atom is 0.417 e. The maximum atomic E-state index is 12.5. The smallest absolute Gasteiger partial charge is 0.324 e. The molecule has 0 fully saturated rings. The van der Waals surface area contributed by atoms with Crippen molar-refractivity contribution in [1.82, 2.24) is 4.98 Å². The first-order valence-electron chi connectivity index (χ1n) is 6.75. The van der Waals surface area contributed by atoms with E-state index in [4.69, 9.17) is 0 Å². The van der Waals surface area contributed by atoms with Crippen molar-refractivity contribution < 1.29 is 26.7 Å². The van der Waals surface area contributed by atoms with E-state index in [0.717, 1.165) is 17.8 Å². The quantitative estimate of drug-likeness (QED) is 0.544. The lowest BCUT2D eigenvalue weighted by atomic mass is 10.3. The van der Waals surface area contributed by atoms with E-state index in [1.165, 1.54) is 18.2 Å². The van der Waals surface area contributed by atoms with Gasteiger partial charge in [-0.2, -0.15) is 22.0 Å². The number of benzene rings is 1. The molecule has 0 spiro atoms. The van der Waals surface area contributed by atoms with Gasteiger partial charge in [-0.05, 0) is 24.3 Å². The molecular weight excluding hydrogens is 383 g/mol. The van der Waals surface area contributed by atoms with Gasteiger partial charge in [0.25, 0.3) is 5.76 Å². The molecule has 0 saturated carbocycles. The van der Waals surface area contributed by atoms with E-state index in [2.05, 4.69) is 10.3 Å². The summed E-state index contributed by atoms with van der Waals surface area (Å²) in [5.74, 6) is -3.22. The van der Waals surface area contributed by atoms with Crippen LogP contribution in [0.25, 0.3) is 0 Å². The summed E-state index contributed by atoms with van der Waals surface area (Å²) in [4.78, 5) is 15.8. The molecule has 0 saturated heterocycles. The van der Waals surface area contributed by atoms with E-state index < -0.39 is 23.4 Å². The van der Waals surface area contributed by atoms with Crippen LogP contribution in [0.3, 0.4) is 0 Å². The lowest BCUT2D eigenvalue weighted by Gasteiger charge is -2.10. The highest BCUT2D eigenvalue weighted by molar-refractivity contribution is 8.00. The third kappa shape index (κ3) is 6.20. The number of pyridine rings is 1. The lowest BCUT2D eigenvalue weighted by molar-refractivity contribution is -0.137. The molecule has 0 radical (unpaired) electrons. The molecule has 1 aromatic heterocycles. The van der Waals surface area contributed by atoms with Gasteiger partial charge in [0.15, 0.2) is 0 Å². The number of hydrogen-bond donors (Lipinski definition) is 1. The predicted molar refractivity (Wildman–Crippen MR) is 86.9 cm³/mol. The van der Waals surface area contributed by atoms with Gasteiger partial charge in [-0.25, -0.2) is 4.98 Å². The number of nitrogens with zero attached hydrogens (tertiary/aromatic N) is 1. The van der Waals surface area contributed by atoms with Crippen LogP contribution in [0.1, 0.15) is 5.56 Å². The summed E-state index contributed by atoms with van der Waals surface area (Å²) >= 11 is 1.25. The summed E-state index contributed by atoms with van der Waals surface area (Å²) in [5, 5.41) is 2.75. The van der Waals surface area contributed by atoms with Crippen LogP contribution in [0.2, 0.25) is 0 Å². The summed E-state index contributed by atoms with van der Waals surface area (Å²) in [6, 6.07) is 8.15. The Bertz CT molecular complexity index is 723. The van der Waals surface area contributed by atoms with Crippen LogP contribution in [0.15, 0.2) is 52.5 Å². The zero-order valence-electron chi connectivity index (χ0n) is 12.4. The number of hydrogen-bond acceptors (Lipinski definition) is 4. The number of alkyl halides is 5. The number of anilines is 1. The minimum absolute atomic E-state index is 0.119. The lowest BCUT2D eigenvalue weighted by Crippen LogP contribution is -2.15. The third-order valence-electron chi connectivity index (χ3n) is 2.79. The largest absolute Gasteiger partial charge is 0.417 e. The molecular formula is C15H11F5N2OS2. The molecule has 0 unspecified atom stereocenters. The van der Waals surface area contributed by atoms with Gasteiger partial charge >= 0.3 is 6.18 Å². The normalized spacial score (nSPS) is 11.6. The van der Waals surface area contributed by atoms with Crippen molar-refractivity contribution in [3.05, 3.63) is 48.2 Å². The first-order chi connectivity index (χ1) is 11.8. The maximum absolute atomic E-state index is 12.5. The molecule has 0 aliphatic heterocycles. The monoisotopic (exact) mass is 394 g/mol. The van der Waals surface area contributed by atoms with E-state index in [9.17, 15) is 26.7 Å². The SMILES string of the molecule is O=C(CSc1ccc(C(F)(F)F)cn1)Nc1ccccc1SC(F)F. The zero-order chi connectivity index (χ0) is 18.4. The molecule has 0 atom stereocenters. The number of carbonyl (C=O) groups is 1. The summed E-state index contributed by atoms with van der Waals surface area (Å²) in [5.41, 5.74) is -0.627. The van der Waals surface area contributed by atoms with Crippen molar-refractivity contribution >= 4 is 35.1 Å². The Morgan fingerprint density at radius 1 is 1.16 bits per heavy atom. The number of nitrogens with one attached hydrogen (secondary N) is 1. The first kappa shape index (κ1) is 19.5. The second-order valence-corrected chi connectivity index (χ2v) is 6.62. The molecule has 1 amide bonds. The van der Waals surface area contributed by atoms with Crippen LogP contribution in [-0.2, 0) is 11.0 Å². The molecule has 1 N–H and O–H groups in total. The molecule has 134 valence electrons. The van der Waals surface area contributed by atoms with Crippen LogP contribution in [-0.4, -0.2) is 22.4 Å². The Morgan fingerprint density at radius 2 is 1.88 bits per heavy atom. The minimum atomic E-state index is -4.47. The Kier molecular flexibility index (Phi) is 6.65. The molecule has 1 aromatic carbocycles. The van der Waals surface area contributed by atoms with Gasteiger partial charge in [-0.3, -0.25) is 4.79 Å². The summed E-state index contributed by atoms with van der Waals surface area (Å²) < 4.78 is 62.3. The molecule has 25 heavy (non-hydrogen) atoms. The van der Waals surface area contributed by atoms with E-state index in [-0.39, 0.29) is 21.4 Å². The van der Waals surface area contributed by atoms with Crippen molar-refractivity contribution in [2.45, 2.75) is 21.9 Å². The van der Waals surface area contributed by atoms with Gasteiger partial charge in [0, 0.05) is 11.1 Å². The highest BCUT2D eigenvalue weighted by Crippen LogP contribution is 2.32. The van der Waals surface area contributed by atoms with E-state index in [0.29, 0.717) is 18.0 Å². The summed E-state index contributed by atoms with van der Waals surface area (Å²) in [6.07, 6.45) is -3.78. The molecule has 0 aliphatic rings. The van der Waals surface area contributed by atoms with Crippen LogP contribution < -0.4 is 5.32 Å². The molecule has 10 heteroatoms. The van der Waals surface area contributed by atoms with Gasteiger partial charge in [0.05, 0.1) is 22.0 Å². The standard InChI is InChI=1S/C15H11F5N2OS2/c16-14(17)25-11-4-2-1-3-10(11)22-12(23)8-24-13-6-5-9(7-21-13)15(18,19)20/h1-7,14H,8H2,(H,22,23). The average Bonchev–Trinajstić information content (AvgIpc) is 2.54. The van der Waals surface area contributed by atoms with Crippen LogP contribution in [0.4, 0.5) is 27.6 Å². The minimum Gasteiger partial charge on any atom is -0.324 e. The fourth-order valence-corrected chi connectivity index (χ4v) is 2.97. The molecule has 0 aliphatic carbocycles. The molecule has 0 bridgehead atoms. The molecule has 2 aromatic rings. The number of thioether (sulfide) groups is 2. The number of carbonyl (C=O) groups excluding carboxylic acids is 1. The second-order valence-electron chi connectivity index (χ2n) is 4.59. The summed E-state index contributed by atoms with van der Waals surface area (Å²) in [7, 11) is 0. The first-order valence-corrected chi connectivity index (χ1v) is 8.62. The predicted octanol–water partition coefficient (Wildman–Crippen LogP) is 5.15. The number of aromatic nitrogens is 1. The van der Waals surface area contributed by atoms with Gasteiger partial charge in [-0.15, -0.1) is 0 Å². The Balaban J connectivity index is 1.93.